The fourth-order valence-corrected chi connectivity index (χ4v) is 4.06. The number of rotatable bonds is 7. The Bertz CT molecular complexity index is 1280. The summed E-state index contributed by atoms with van der Waals surface area (Å²) in [4.78, 5) is 19.6. The molecule has 0 saturated carbocycles. The molecule has 0 radical (unpaired) electrons. The van der Waals surface area contributed by atoms with Crippen LogP contribution in [-0.2, 0) is 0 Å². The lowest BCUT2D eigenvalue weighted by atomic mass is 10.2. The van der Waals surface area contributed by atoms with Crippen molar-refractivity contribution in [3.05, 3.63) is 65.2 Å². The number of hydrogen-bond donors (Lipinski definition) is 3. The van der Waals surface area contributed by atoms with Gasteiger partial charge in [-0.25, -0.2) is 15.2 Å². The van der Waals surface area contributed by atoms with E-state index in [1.807, 2.05) is 19.1 Å². The molecule has 0 spiro atoms. The van der Waals surface area contributed by atoms with Crippen molar-refractivity contribution >= 4 is 28.6 Å². The maximum Gasteiger partial charge on any atom is 0.253 e. The number of amides is 1. The summed E-state index contributed by atoms with van der Waals surface area (Å²) in [5, 5.41) is 11.3. The molecule has 0 fully saturated rings. The van der Waals surface area contributed by atoms with Gasteiger partial charge in [0.05, 0.1) is 28.0 Å². The first-order chi connectivity index (χ1) is 15.4. The van der Waals surface area contributed by atoms with E-state index in [0.29, 0.717) is 11.3 Å². The average molecular weight is 457 g/mol. The summed E-state index contributed by atoms with van der Waals surface area (Å²) in [5.41, 5.74) is 7.37. The summed E-state index contributed by atoms with van der Waals surface area (Å²) in [6, 6.07) is 4.98. The number of hydrazine groups is 1. The van der Waals surface area contributed by atoms with Gasteiger partial charge < -0.3 is 15.5 Å². The number of carbonyl (C=O) groups is 1. The zero-order valence-electron chi connectivity index (χ0n) is 17.3. The molecule has 0 aliphatic heterocycles. The summed E-state index contributed by atoms with van der Waals surface area (Å²) in [7, 11) is 0. The second-order valence-corrected chi connectivity index (χ2v) is 8.28. The van der Waals surface area contributed by atoms with Gasteiger partial charge in [-0.1, -0.05) is 0 Å². The van der Waals surface area contributed by atoms with Crippen LogP contribution in [0.3, 0.4) is 0 Å². The van der Waals surface area contributed by atoms with Crippen LogP contribution in [0.15, 0.2) is 53.3 Å². The number of halogens is 1. The largest absolute Gasteiger partial charge is 0.426 e. The van der Waals surface area contributed by atoms with Crippen molar-refractivity contribution in [1.29, 1.82) is 0 Å². The Morgan fingerprint density at radius 2 is 2.28 bits per heavy atom. The van der Waals surface area contributed by atoms with Gasteiger partial charge in [-0.2, -0.15) is 0 Å². The van der Waals surface area contributed by atoms with Crippen molar-refractivity contribution in [2.24, 2.45) is 11.6 Å². The number of fused-ring (bicyclic) bond motifs is 1. The zero-order valence-corrected chi connectivity index (χ0v) is 18.1. The van der Waals surface area contributed by atoms with E-state index in [2.05, 4.69) is 20.5 Å². The van der Waals surface area contributed by atoms with Gasteiger partial charge in [0, 0.05) is 17.3 Å². The first-order valence-corrected chi connectivity index (χ1v) is 10.4. The Morgan fingerprint density at radius 3 is 2.91 bits per heavy atom. The number of thiophene rings is 1. The Hall–Kier alpha value is -3.77. The Kier molecular flexibility index (Phi) is 5.88. The first-order valence-electron chi connectivity index (χ1n) is 9.59. The SMILES string of the molecule is Cc1ccc(-c2cnc3c(N(N)/C(=C\N)CF)cc(C(=O)NC(C)c4nnco4)cn23)s1. The lowest BCUT2D eigenvalue weighted by Crippen LogP contribution is -2.33. The standard InChI is InChI=1S/C20H21FN8O2S/c1-11-3-4-17(32-11)16-8-24-18-15(29(23)14(6-21)7-22)5-13(9-28(16)18)19(30)26-12(2)20-27-25-10-31-20/h3-5,7-10,12H,6,22-23H2,1-2H3,(H,26,30)/b14-7-. The monoisotopic (exact) mass is 456 g/mol. The highest BCUT2D eigenvalue weighted by Gasteiger charge is 2.22. The number of nitrogens with one attached hydrogen (secondary N) is 1. The quantitative estimate of drug-likeness (QED) is 0.285. The number of aromatic nitrogens is 4. The Labute approximate surface area is 186 Å². The number of hydrogen-bond acceptors (Lipinski definition) is 9. The molecule has 0 aliphatic carbocycles. The molecule has 4 heterocycles. The molecule has 1 amide bonds. The van der Waals surface area contributed by atoms with Crippen molar-refractivity contribution in [2.45, 2.75) is 19.9 Å². The number of nitrogens with zero attached hydrogens (tertiary/aromatic N) is 5. The highest BCUT2D eigenvalue weighted by atomic mass is 32.1. The van der Waals surface area contributed by atoms with Crippen LogP contribution < -0.4 is 21.9 Å². The second kappa shape index (κ2) is 8.77. The van der Waals surface area contributed by atoms with Crippen LogP contribution in [0.25, 0.3) is 16.2 Å². The van der Waals surface area contributed by atoms with E-state index in [9.17, 15) is 9.18 Å². The highest BCUT2D eigenvalue weighted by Crippen LogP contribution is 2.32. The molecule has 10 nitrogen and oxygen atoms in total. The number of anilines is 1. The summed E-state index contributed by atoms with van der Waals surface area (Å²) < 4.78 is 20.4. The Balaban J connectivity index is 1.82. The first kappa shape index (κ1) is 21.5. The van der Waals surface area contributed by atoms with Crippen LogP contribution in [0.4, 0.5) is 10.1 Å². The maximum atomic E-state index is 13.5. The predicted octanol–water partition coefficient (Wildman–Crippen LogP) is 2.69. The van der Waals surface area contributed by atoms with E-state index in [4.69, 9.17) is 16.0 Å². The van der Waals surface area contributed by atoms with E-state index < -0.39 is 18.6 Å². The van der Waals surface area contributed by atoms with Gasteiger partial charge in [0.15, 0.2) is 5.65 Å². The molecular weight excluding hydrogens is 435 g/mol. The topological polar surface area (TPSA) is 141 Å². The van der Waals surface area contributed by atoms with Gasteiger partial charge in [0.1, 0.15) is 18.4 Å². The minimum atomic E-state index is -0.887. The third kappa shape index (κ3) is 3.92. The third-order valence-electron chi connectivity index (χ3n) is 4.83. The van der Waals surface area contributed by atoms with Crippen LogP contribution in [0.2, 0.25) is 0 Å². The van der Waals surface area contributed by atoms with Crippen molar-refractivity contribution < 1.29 is 13.6 Å². The number of aryl methyl sites for hydroxylation is 1. The normalized spacial score (nSPS) is 12.8. The molecular formula is C20H21FN8O2S. The summed E-state index contributed by atoms with van der Waals surface area (Å²) in [6.07, 6.45) is 5.60. The molecule has 4 aromatic rings. The van der Waals surface area contributed by atoms with E-state index in [-0.39, 0.29) is 17.2 Å². The van der Waals surface area contributed by atoms with Crippen LogP contribution >= 0.6 is 11.3 Å². The average Bonchev–Trinajstić information content (AvgIpc) is 3.54. The third-order valence-corrected chi connectivity index (χ3v) is 5.86. The van der Waals surface area contributed by atoms with Crippen molar-refractivity contribution in [1.82, 2.24) is 24.9 Å². The van der Waals surface area contributed by atoms with Crippen LogP contribution in [0.1, 0.15) is 34.1 Å². The van der Waals surface area contributed by atoms with Gasteiger partial charge in [-0.15, -0.1) is 21.5 Å². The molecule has 0 bridgehead atoms. The Morgan fingerprint density at radius 1 is 1.47 bits per heavy atom. The molecule has 4 aromatic heterocycles. The number of nitrogens with two attached hydrogens (primary N) is 2. The molecule has 5 N–H and O–H groups in total. The number of carbonyl (C=O) groups excluding carboxylic acids is 1. The van der Waals surface area contributed by atoms with Gasteiger partial charge in [0.25, 0.3) is 5.91 Å². The van der Waals surface area contributed by atoms with E-state index in [0.717, 1.165) is 26.7 Å². The number of alkyl halides is 1. The zero-order chi connectivity index (χ0) is 22.8. The summed E-state index contributed by atoms with van der Waals surface area (Å²) in [6.45, 7) is 2.83. The van der Waals surface area contributed by atoms with Crippen LogP contribution in [-0.4, -0.2) is 32.2 Å². The van der Waals surface area contributed by atoms with Crippen LogP contribution in [0.5, 0.6) is 0 Å². The number of allylic oxidation sites excluding steroid dienone is 1. The van der Waals surface area contributed by atoms with E-state index >= 15 is 0 Å². The molecule has 1 unspecified atom stereocenters. The molecule has 12 heteroatoms. The second-order valence-electron chi connectivity index (χ2n) is 7.00. The van der Waals surface area contributed by atoms with Crippen molar-refractivity contribution in [3.63, 3.8) is 0 Å². The van der Waals surface area contributed by atoms with Gasteiger partial charge in [-0.3, -0.25) is 14.2 Å². The smallest absolute Gasteiger partial charge is 0.253 e. The molecule has 166 valence electrons. The van der Waals surface area contributed by atoms with Crippen LogP contribution in [0, 0.1) is 6.92 Å². The summed E-state index contributed by atoms with van der Waals surface area (Å²) in [5.74, 6) is 6.01. The number of imidazole rings is 1. The lowest BCUT2D eigenvalue weighted by molar-refractivity contribution is 0.0933. The lowest BCUT2D eigenvalue weighted by Gasteiger charge is -2.21. The minimum absolute atomic E-state index is 0.0280. The maximum absolute atomic E-state index is 13.5. The van der Waals surface area contributed by atoms with Crippen molar-refractivity contribution in [2.75, 3.05) is 11.7 Å². The molecule has 0 aromatic carbocycles. The molecule has 0 aliphatic rings. The van der Waals surface area contributed by atoms with E-state index in [1.165, 1.54) is 12.5 Å². The fourth-order valence-electron chi connectivity index (χ4n) is 3.18. The predicted molar refractivity (Wildman–Crippen MR) is 118 cm³/mol. The van der Waals surface area contributed by atoms with Crippen molar-refractivity contribution in [3.8, 4) is 10.6 Å². The fraction of sp³-hybridized carbons (Fsp3) is 0.200. The number of pyridine rings is 1. The molecule has 1 atom stereocenters. The minimum Gasteiger partial charge on any atom is -0.426 e. The van der Waals surface area contributed by atoms with Gasteiger partial charge in [-0.05, 0) is 32.0 Å². The van der Waals surface area contributed by atoms with Gasteiger partial charge in [0.2, 0.25) is 12.3 Å². The highest BCUT2D eigenvalue weighted by molar-refractivity contribution is 7.15. The van der Waals surface area contributed by atoms with E-state index in [1.54, 1.807) is 35.1 Å². The molecule has 0 saturated heterocycles. The van der Waals surface area contributed by atoms with Gasteiger partial charge >= 0.3 is 0 Å². The summed E-state index contributed by atoms with van der Waals surface area (Å²) >= 11 is 1.59. The molecule has 32 heavy (non-hydrogen) atoms. The molecule has 4 rings (SSSR count).